The van der Waals surface area contributed by atoms with E-state index in [1.165, 1.54) is 5.56 Å². The minimum absolute atomic E-state index is 0.234. The Hall–Kier alpha value is -2.13. The van der Waals surface area contributed by atoms with E-state index >= 15 is 0 Å². The summed E-state index contributed by atoms with van der Waals surface area (Å²) in [5.41, 5.74) is 3.21. The molecule has 0 spiro atoms. The van der Waals surface area contributed by atoms with E-state index in [0.29, 0.717) is 0 Å². The zero-order chi connectivity index (χ0) is 14.7. The predicted molar refractivity (Wildman–Crippen MR) is 87.6 cm³/mol. The first-order valence-electron chi connectivity index (χ1n) is 6.98. The fraction of sp³-hybridized carbons (Fsp3) is 0.176. The van der Waals surface area contributed by atoms with Crippen molar-refractivity contribution in [1.82, 2.24) is 9.97 Å². The lowest BCUT2D eigenvalue weighted by atomic mass is 10.0. The molecule has 1 atom stereocenters. The number of hydrogen-bond acceptors (Lipinski definition) is 3. The fourth-order valence-corrected chi connectivity index (χ4v) is 2.62. The summed E-state index contributed by atoms with van der Waals surface area (Å²) >= 11 is 6.11. The average Bonchev–Trinajstić information content (AvgIpc) is 2.53. The Kier molecular flexibility index (Phi) is 4.02. The van der Waals surface area contributed by atoms with Crippen molar-refractivity contribution in [1.29, 1.82) is 0 Å². The van der Waals surface area contributed by atoms with Gasteiger partial charge in [-0.3, -0.25) is 9.97 Å². The number of pyridine rings is 2. The van der Waals surface area contributed by atoms with Gasteiger partial charge in [0.1, 0.15) is 0 Å². The molecule has 2 aromatic heterocycles. The number of aromatic nitrogens is 2. The fourth-order valence-electron chi connectivity index (χ4n) is 2.45. The number of hydrogen-bond donors (Lipinski definition) is 1. The normalized spacial score (nSPS) is 12.3. The quantitative estimate of drug-likeness (QED) is 0.748. The van der Waals surface area contributed by atoms with Gasteiger partial charge in [-0.2, -0.15) is 0 Å². The zero-order valence-electron chi connectivity index (χ0n) is 11.8. The van der Waals surface area contributed by atoms with Gasteiger partial charge in [0.05, 0.1) is 11.6 Å². The summed E-state index contributed by atoms with van der Waals surface area (Å²) < 4.78 is 0. The van der Waals surface area contributed by atoms with Gasteiger partial charge >= 0.3 is 0 Å². The second-order valence-corrected chi connectivity index (χ2v) is 5.34. The number of rotatable bonds is 4. The van der Waals surface area contributed by atoms with E-state index in [4.69, 9.17) is 11.6 Å². The molecule has 2 heterocycles. The number of nitrogens with zero attached hydrogens (tertiary/aromatic N) is 2. The average molecular weight is 298 g/mol. The van der Waals surface area contributed by atoms with Crippen LogP contribution in [-0.2, 0) is 0 Å². The van der Waals surface area contributed by atoms with Gasteiger partial charge in [0.25, 0.3) is 0 Å². The van der Waals surface area contributed by atoms with Gasteiger partial charge in [-0.25, -0.2) is 0 Å². The third-order valence-electron chi connectivity index (χ3n) is 3.55. The molecule has 4 heteroatoms. The van der Waals surface area contributed by atoms with Crippen LogP contribution in [0.15, 0.2) is 55.0 Å². The topological polar surface area (TPSA) is 37.8 Å². The Morgan fingerprint density at radius 3 is 2.67 bits per heavy atom. The van der Waals surface area contributed by atoms with E-state index in [-0.39, 0.29) is 6.04 Å². The van der Waals surface area contributed by atoms with Gasteiger partial charge in [-0.05, 0) is 48.4 Å². The van der Waals surface area contributed by atoms with Crippen LogP contribution in [0.3, 0.4) is 0 Å². The Morgan fingerprint density at radius 2 is 1.90 bits per heavy atom. The summed E-state index contributed by atoms with van der Waals surface area (Å²) in [7, 11) is 0. The molecule has 0 saturated carbocycles. The molecule has 3 nitrogen and oxygen atoms in total. The zero-order valence-corrected chi connectivity index (χ0v) is 12.5. The number of anilines is 1. The van der Waals surface area contributed by atoms with Crippen molar-refractivity contribution in [3.05, 3.63) is 65.6 Å². The molecule has 0 amide bonds. The van der Waals surface area contributed by atoms with Crippen LogP contribution in [0.25, 0.3) is 10.9 Å². The molecule has 106 valence electrons. The molecular formula is C17H16ClN3. The molecule has 0 aliphatic rings. The van der Waals surface area contributed by atoms with Crippen molar-refractivity contribution in [3.8, 4) is 0 Å². The Morgan fingerprint density at radius 1 is 1.10 bits per heavy atom. The van der Waals surface area contributed by atoms with Crippen LogP contribution in [0.5, 0.6) is 0 Å². The Bertz CT molecular complexity index is 743. The Balaban J connectivity index is 1.99. The third kappa shape index (κ3) is 2.98. The molecule has 21 heavy (non-hydrogen) atoms. The highest BCUT2D eigenvalue weighted by atomic mass is 35.5. The first-order chi connectivity index (χ1) is 10.3. The van der Waals surface area contributed by atoms with Crippen molar-refractivity contribution in [2.45, 2.75) is 19.4 Å². The highest BCUT2D eigenvalue weighted by Gasteiger charge is 2.11. The van der Waals surface area contributed by atoms with Crippen LogP contribution in [0.4, 0.5) is 5.69 Å². The molecule has 3 rings (SSSR count). The van der Waals surface area contributed by atoms with Gasteiger partial charge in [-0.1, -0.05) is 18.5 Å². The first kappa shape index (κ1) is 13.8. The lowest BCUT2D eigenvalue weighted by molar-refractivity contribution is 0.749. The van der Waals surface area contributed by atoms with E-state index in [9.17, 15) is 0 Å². The second kappa shape index (κ2) is 6.10. The first-order valence-corrected chi connectivity index (χ1v) is 7.36. The highest BCUT2D eigenvalue weighted by Crippen LogP contribution is 2.29. The van der Waals surface area contributed by atoms with E-state index < -0.39 is 0 Å². The van der Waals surface area contributed by atoms with Gasteiger partial charge in [-0.15, -0.1) is 0 Å². The smallest absolute Gasteiger partial charge is 0.0723 e. The summed E-state index contributed by atoms with van der Waals surface area (Å²) in [5, 5.41) is 5.35. The van der Waals surface area contributed by atoms with Crippen LogP contribution in [-0.4, -0.2) is 9.97 Å². The molecule has 1 N–H and O–H groups in total. The molecule has 3 aromatic rings. The maximum atomic E-state index is 6.11. The molecule has 0 radical (unpaired) electrons. The van der Waals surface area contributed by atoms with Crippen molar-refractivity contribution in [3.63, 3.8) is 0 Å². The monoisotopic (exact) mass is 297 g/mol. The maximum Gasteiger partial charge on any atom is 0.0723 e. The Labute approximate surface area is 129 Å². The van der Waals surface area contributed by atoms with Gasteiger partial charge < -0.3 is 5.32 Å². The largest absolute Gasteiger partial charge is 0.378 e. The van der Waals surface area contributed by atoms with Crippen LogP contribution < -0.4 is 5.32 Å². The SMILES string of the molecule is CCC(Nc1ccnc2ccc(Cl)cc12)c1ccncc1. The number of benzene rings is 1. The van der Waals surface area contributed by atoms with E-state index in [2.05, 4.69) is 22.2 Å². The number of nitrogens with one attached hydrogen (secondary N) is 1. The summed E-state index contributed by atoms with van der Waals surface area (Å²) in [4.78, 5) is 8.46. The van der Waals surface area contributed by atoms with E-state index in [0.717, 1.165) is 28.0 Å². The van der Waals surface area contributed by atoms with Crippen LogP contribution in [0.1, 0.15) is 24.9 Å². The van der Waals surface area contributed by atoms with Gasteiger partial charge in [0.15, 0.2) is 0 Å². The van der Waals surface area contributed by atoms with Crippen molar-refractivity contribution in [2.24, 2.45) is 0 Å². The van der Waals surface area contributed by atoms with Gasteiger partial charge in [0, 0.05) is 34.7 Å². The predicted octanol–water partition coefficient (Wildman–Crippen LogP) is 4.85. The third-order valence-corrected chi connectivity index (χ3v) is 3.79. The van der Waals surface area contributed by atoms with Gasteiger partial charge in [0.2, 0.25) is 0 Å². The molecule has 0 aliphatic heterocycles. The number of fused-ring (bicyclic) bond motifs is 1. The van der Waals surface area contributed by atoms with Crippen molar-refractivity contribution < 1.29 is 0 Å². The van der Waals surface area contributed by atoms with Crippen molar-refractivity contribution in [2.75, 3.05) is 5.32 Å². The number of halogens is 1. The molecule has 0 fully saturated rings. The molecule has 0 aliphatic carbocycles. The lowest BCUT2D eigenvalue weighted by Crippen LogP contribution is -2.10. The maximum absolute atomic E-state index is 6.11. The highest BCUT2D eigenvalue weighted by molar-refractivity contribution is 6.31. The van der Waals surface area contributed by atoms with Crippen LogP contribution >= 0.6 is 11.6 Å². The summed E-state index contributed by atoms with van der Waals surface area (Å²) in [6.07, 6.45) is 6.44. The molecular weight excluding hydrogens is 282 g/mol. The molecule has 0 bridgehead atoms. The van der Waals surface area contributed by atoms with E-state index in [1.807, 2.05) is 55.0 Å². The summed E-state index contributed by atoms with van der Waals surface area (Å²) in [6, 6.07) is 12.1. The minimum Gasteiger partial charge on any atom is -0.378 e. The molecule has 1 unspecified atom stereocenters. The minimum atomic E-state index is 0.234. The molecule has 1 aromatic carbocycles. The van der Waals surface area contributed by atoms with E-state index in [1.54, 1.807) is 0 Å². The summed E-state index contributed by atoms with van der Waals surface area (Å²) in [6.45, 7) is 2.16. The van der Waals surface area contributed by atoms with Crippen LogP contribution in [0.2, 0.25) is 5.02 Å². The van der Waals surface area contributed by atoms with Crippen molar-refractivity contribution >= 4 is 28.2 Å². The van der Waals surface area contributed by atoms with Crippen LogP contribution in [0, 0.1) is 0 Å². The second-order valence-electron chi connectivity index (χ2n) is 4.91. The lowest BCUT2D eigenvalue weighted by Gasteiger charge is -2.19. The molecule has 0 saturated heterocycles. The standard InChI is InChI=1S/C17H16ClN3/c1-2-15(12-5-8-19-9-6-12)21-17-7-10-20-16-4-3-13(18)11-14(16)17/h3-11,15H,2H2,1H3,(H,20,21). The summed E-state index contributed by atoms with van der Waals surface area (Å²) in [5.74, 6) is 0.